The summed E-state index contributed by atoms with van der Waals surface area (Å²) in [4.78, 5) is 16.0. The highest BCUT2D eigenvalue weighted by molar-refractivity contribution is 5.69. The summed E-state index contributed by atoms with van der Waals surface area (Å²) in [6.45, 7) is 4.18. The molecule has 5 rings (SSSR count). The van der Waals surface area contributed by atoms with Crippen molar-refractivity contribution in [1.82, 2.24) is 19.9 Å². The minimum absolute atomic E-state index is 0.858. The fourth-order valence-corrected chi connectivity index (χ4v) is 3.48. The number of aromatic nitrogens is 4. The topological polar surface area (TPSA) is 57.4 Å². The van der Waals surface area contributed by atoms with Crippen molar-refractivity contribution in [3.05, 3.63) is 96.3 Å². The maximum Gasteiger partial charge on any atom is 0.137 e. The first kappa shape index (κ1) is 18.1. The Labute approximate surface area is 175 Å². The molecule has 30 heavy (non-hydrogen) atoms. The summed E-state index contributed by atoms with van der Waals surface area (Å²) in [7, 11) is 0. The van der Waals surface area contributed by atoms with Crippen molar-refractivity contribution in [1.29, 1.82) is 0 Å². The smallest absolute Gasteiger partial charge is 0.137 e. The van der Waals surface area contributed by atoms with Gasteiger partial charge in [0.1, 0.15) is 11.6 Å². The van der Waals surface area contributed by atoms with Gasteiger partial charge in [0.05, 0.1) is 23.8 Å². The minimum Gasteiger partial charge on any atom is -0.338 e. The van der Waals surface area contributed by atoms with Crippen molar-refractivity contribution in [2.45, 2.75) is 13.8 Å². The van der Waals surface area contributed by atoms with Crippen molar-refractivity contribution < 1.29 is 0 Å². The fourth-order valence-electron chi connectivity index (χ4n) is 3.48. The maximum absolute atomic E-state index is 4.56. The number of aromatic amines is 2. The summed E-state index contributed by atoms with van der Waals surface area (Å²) in [5, 5.41) is 0. The highest BCUT2D eigenvalue weighted by Crippen LogP contribution is 2.26. The molecule has 0 aliphatic rings. The molecule has 0 amide bonds. The van der Waals surface area contributed by atoms with E-state index in [4.69, 9.17) is 0 Å². The molecule has 146 valence electrons. The molecule has 0 aliphatic carbocycles. The third kappa shape index (κ3) is 3.55. The van der Waals surface area contributed by atoms with E-state index in [-0.39, 0.29) is 0 Å². The number of benzene rings is 3. The van der Waals surface area contributed by atoms with Crippen molar-refractivity contribution in [2.75, 3.05) is 0 Å². The largest absolute Gasteiger partial charge is 0.338 e. The predicted molar refractivity (Wildman–Crippen MR) is 122 cm³/mol. The van der Waals surface area contributed by atoms with Gasteiger partial charge in [-0.25, -0.2) is 9.97 Å². The van der Waals surface area contributed by atoms with Gasteiger partial charge in [-0.05, 0) is 25.0 Å². The number of H-pyrrole nitrogens is 2. The molecule has 0 bridgehead atoms. The highest BCUT2D eigenvalue weighted by Gasteiger charge is 2.08. The molecule has 0 spiro atoms. The van der Waals surface area contributed by atoms with E-state index < -0.39 is 0 Å². The Morgan fingerprint density at radius 2 is 0.800 bits per heavy atom. The zero-order valence-electron chi connectivity index (χ0n) is 17.0. The number of hydrogen-bond donors (Lipinski definition) is 2. The van der Waals surface area contributed by atoms with Crippen LogP contribution in [-0.2, 0) is 0 Å². The molecular weight excluding hydrogens is 368 g/mol. The Bertz CT molecular complexity index is 1170. The van der Waals surface area contributed by atoms with Crippen LogP contribution in [0.25, 0.3) is 45.3 Å². The van der Waals surface area contributed by atoms with Gasteiger partial charge < -0.3 is 9.97 Å². The number of nitrogens with one attached hydrogen (secondary N) is 2. The second-order valence-corrected chi connectivity index (χ2v) is 7.60. The van der Waals surface area contributed by atoms with Crippen molar-refractivity contribution >= 4 is 0 Å². The van der Waals surface area contributed by atoms with Crippen molar-refractivity contribution in [3.8, 4) is 45.3 Å². The van der Waals surface area contributed by atoms with Gasteiger partial charge >= 0.3 is 0 Å². The molecule has 3 aromatic carbocycles. The molecule has 0 unspecified atom stereocenters. The summed E-state index contributed by atoms with van der Waals surface area (Å²) in [5.41, 5.74) is 8.89. The molecule has 0 radical (unpaired) electrons. The van der Waals surface area contributed by atoms with E-state index in [1.807, 2.05) is 12.4 Å². The summed E-state index contributed by atoms with van der Waals surface area (Å²) < 4.78 is 0. The lowest BCUT2D eigenvalue weighted by atomic mass is 10.1. The first-order valence-electron chi connectivity index (χ1n) is 10.0. The van der Waals surface area contributed by atoms with Crippen LogP contribution in [0.2, 0.25) is 0 Å². The Morgan fingerprint density at radius 1 is 0.467 bits per heavy atom. The molecule has 4 nitrogen and oxygen atoms in total. The van der Waals surface area contributed by atoms with Crippen LogP contribution in [0.15, 0.2) is 85.2 Å². The number of aryl methyl sites for hydroxylation is 2. The van der Waals surface area contributed by atoms with E-state index in [2.05, 4.69) is 107 Å². The Kier molecular flexibility index (Phi) is 4.52. The van der Waals surface area contributed by atoms with E-state index in [1.165, 1.54) is 11.1 Å². The van der Waals surface area contributed by atoms with Crippen LogP contribution < -0.4 is 0 Å². The maximum atomic E-state index is 4.56. The van der Waals surface area contributed by atoms with Gasteiger partial charge in [0.25, 0.3) is 0 Å². The summed E-state index contributed by atoms with van der Waals surface area (Å²) in [6, 6.07) is 25.2. The van der Waals surface area contributed by atoms with Gasteiger partial charge in [0, 0.05) is 11.1 Å². The average molecular weight is 390 g/mol. The molecule has 5 aromatic rings. The second kappa shape index (κ2) is 7.48. The Hall–Kier alpha value is -3.92. The van der Waals surface area contributed by atoms with E-state index in [0.717, 1.165) is 45.3 Å². The van der Waals surface area contributed by atoms with Crippen molar-refractivity contribution in [3.63, 3.8) is 0 Å². The normalized spacial score (nSPS) is 11.0. The third-order valence-corrected chi connectivity index (χ3v) is 5.31. The molecule has 2 heterocycles. The van der Waals surface area contributed by atoms with Gasteiger partial charge in [0.15, 0.2) is 0 Å². The minimum atomic E-state index is 0.858. The summed E-state index contributed by atoms with van der Waals surface area (Å²) in [6.07, 6.45) is 3.77. The lowest BCUT2D eigenvalue weighted by molar-refractivity contribution is 1.29. The molecular formula is C26H22N4. The average Bonchev–Trinajstić information content (AvgIpc) is 3.45. The molecule has 0 saturated carbocycles. The van der Waals surface area contributed by atoms with E-state index in [9.17, 15) is 0 Å². The quantitative estimate of drug-likeness (QED) is 0.372. The van der Waals surface area contributed by atoms with Gasteiger partial charge in [0.2, 0.25) is 0 Å². The molecule has 0 atom stereocenters. The van der Waals surface area contributed by atoms with Crippen LogP contribution in [0.3, 0.4) is 0 Å². The molecule has 2 N–H and O–H groups in total. The van der Waals surface area contributed by atoms with Crippen LogP contribution >= 0.6 is 0 Å². The Morgan fingerprint density at radius 3 is 1.17 bits per heavy atom. The fraction of sp³-hybridized carbons (Fsp3) is 0.0769. The predicted octanol–water partition coefficient (Wildman–Crippen LogP) is 6.42. The van der Waals surface area contributed by atoms with Crippen LogP contribution in [0, 0.1) is 13.8 Å². The molecule has 2 aromatic heterocycles. The van der Waals surface area contributed by atoms with Gasteiger partial charge in [-0.15, -0.1) is 0 Å². The van der Waals surface area contributed by atoms with E-state index in [0.29, 0.717) is 0 Å². The van der Waals surface area contributed by atoms with Crippen LogP contribution in [0.1, 0.15) is 11.1 Å². The zero-order chi connectivity index (χ0) is 20.5. The number of hydrogen-bond acceptors (Lipinski definition) is 2. The molecule has 0 aliphatic heterocycles. The molecule has 0 saturated heterocycles. The third-order valence-electron chi connectivity index (χ3n) is 5.31. The second-order valence-electron chi connectivity index (χ2n) is 7.60. The number of nitrogens with zero attached hydrogens (tertiary/aromatic N) is 2. The van der Waals surface area contributed by atoms with Crippen LogP contribution in [0.4, 0.5) is 0 Å². The van der Waals surface area contributed by atoms with Crippen LogP contribution in [0.5, 0.6) is 0 Å². The SMILES string of the molecule is Cc1ccc(-c2cnc(-c3ccc(-c4ncc(-c5ccc(C)cc5)[nH]4)cc3)[nH]2)cc1. The van der Waals surface area contributed by atoms with E-state index in [1.54, 1.807) is 0 Å². The summed E-state index contributed by atoms with van der Waals surface area (Å²) in [5.74, 6) is 1.72. The summed E-state index contributed by atoms with van der Waals surface area (Å²) >= 11 is 0. The van der Waals surface area contributed by atoms with Crippen molar-refractivity contribution in [2.24, 2.45) is 0 Å². The number of rotatable bonds is 4. The highest BCUT2D eigenvalue weighted by atomic mass is 14.9. The lowest BCUT2D eigenvalue weighted by Crippen LogP contribution is -1.84. The zero-order valence-corrected chi connectivity index (χ0v) is 17.0. The van der Waals surface area contributed by atoms with Gasteiger partial charge in [-0.1, -0.05) is 83.9 Å². The molecule has 4 heteroatoms. The first-order chi connectivity index (χ1) is 14.7. The number of imidazole rings is 2. The van der Waals surface area contributed by atoms with Crippen LogP contribution in [-0.4, -0.2) is 19.9 Å². The standard InChI is InChI=1S/C26H22N4/c1-17-3-7-19(8-4-17)23-15-27-25(29-23)21-11-13-22(14-12-21)26-28-16-24(30-26)20-9-5-18(2)6-10-20/h3-16H,1-2H3,(H,27,29)(H,28,30). The first-order valence-corrected chi connectivity index (χ1v) is 10.0. The van der Waals surface area contributed by atoms with Gasteiger partial charge in [-0.2, -0.15) is 0 Å². The molecule has 0 fully saturated rings. The van der Waals surface area contributed by atoms with Gasteiger partial charge in [-0.3, -0.25) is 0 Å². The Balaban J connectivity index is 1.37. The van der Waals surface area contributed by atoms with E-state index >= 15 is 0 Å². The lowest BCUT2D eigenvalue weighted by Gasteiger charge is -2.02. The monoisotopic (exact) mass is 390 g/mol.